The molecule has 30 heavy (non-hydrogen) atoms. The maximum absolute atomic E-state index is 12.5. The van der Waals surface area contributed by atoms with Crippen molar-refractivity contribution in [2.75, 3.05) is 13.2 Å². The Kier molecular flexibility index (Phi) is 10.3. The van der Waals surface area contributed by atoms with Gasteiger partial charge in [0.05, 0.1) is 11.8 Å². The van der Waals surface area contributed by atoms with Gasteiger partial charge >= 0.3 is 23.9 Å². The van der Waals surface area contributed by atoms with Crippen LogP contribution in [0, 0.1) is 11.8 Å². The van der Waals surface area contributed by atoms with Gasteiger partial charge in [-0.2, -0.15) is 0 Å². The topological polar surface area (TPSA) is 105 Å². The Labute approximate surface area is 177 Å². The zero-order valence-corrected chi connectivity index (χ0v) is 18.2. The van der Waals surface area contributed by atoms with E-state index < -0.39 is 47.9 Å². The average Bonchev–Trinajstić information content (AvgIpc) is 2.69. The first-order chi connectivity index (χ1) is 14.0. The second-order valence-electron chi connectivity index (χ2n) is 7.75. The molecule has 0 amide bonds. The van der Waals surface area contributed by atoms with Gasteiger partial charge in [-0.05, 0) is 40.5 Å². The summed E-state index contributed by atoms with van der Waals surface area (Å²) in [5.41, 5.74) is 0.512. The number of hydrogen-bond donors (Lipinski definition) is 0. The number of carbonyl (C=O) groups excluding carboxylic acids is 4. The maximum atomic E-state index is 12.5. The van der Waals surface area contributed by atoms with Gasteiger partial charge in [0.2, 0.25) is 0 Å². The van der Waals surface area contributed by atoms with Gasteiger partial charge in [0.1, 0.15) is 25.4 Å². The summed E-state index contributed by atoms with van der Waals surface area (Å²) in [6.45, 7) is 13.0. The van der Waals surface area contributed by atoms with Crippen LogP contribution in [0.1, 0.15) is 53.4 Å². The van der Waals surface area contributed by atoms with Crippen molar-refractivity contribution < 1.29 is 38.1 Å². The second-order valence-corrected chi connectivity index (χ2v) is 7.75. The Morgan fingerprint density at radius 1 is 0.767 bits per heavy atom. The molecule has 0 spiro atoms. The second kappa shape index (κ2) is 12.1. The molecule has 1 saturated carbocycles. The molecule has 0 N–H and O–H groups in total. The highest BCUT2D eigenvalue weighted by molar-refractivity contribution is 5.87. The highest BCUT2D eigenvalue weighted by atomic mass is 16.6. The van der Waals surface area contributed by atoms with Gasteiger partial charge in [-0.1, -0.05) is 26.0 Å². The predicted molar refractivity (Wildman–Crippen MR) is 108 cm³/mol. The molecule has 0 bridgehead atoms. The highest BCUT2D eigenvalue weighted by Crippen LogP contribution is 2.32. The lowest BCUT2D eigenvalue weighted by molar-refractivity contribution is -0.168. The average molecular weight is 424 g/mol. The van der Waals surface area contributed by atoms with Crippen LogP contribution in [0.4, 0.5) is 0 Å². The van der Waals surface area contributed by atoms with Crippen molar-refractivity contribution in [3.63, 3.8) is 0 Å². The normalized spacial score (nSPS) is 20.3. The molecule has 0 aromatic heterocycles. The van der Waals surface area contributed by atoms with E-state index in [1.807, 2.05) is 0 Å². The Morgan fingerprint density at radius 3 is 1.40 bits per heavy atom. The molecule has 0 heterocycles. The quantitative estimate of drug-likeness (QED) is 0.299. The Balaban J connectivity index is 2.56. The zero-order valence-electron chi connectivity index (χ0n) is 18.2. The summed E-state index contributed by atoms with van der Waals surface area (Å²) in [4.78, 5) is 48.1. The van der Waals surface area contributed by atoms with E-state index in [2.05, 4.69) is 13.2 Å². The Hall–Kier alpha value is -2.64. The minimum absolute atomic E-state index is 0.107. The lowest BCUT2D eigenvalue weighted by Crippen LogP contribution is -2.37. The molecule has 1 fully saturated rings. The maximum Gasteiger partial charge on any atom is 0.333 e. The summed E-state index contributed by atoms with van der Waals surface area (Å²) in [5, 5.41) is 0. The third-order valence-electron chi connectivity index (χ3n) is 4.61. The van der Waals surface area contributed by atoms with E-state index in [4.69, 9.17) is 18.9 Å². The van der Waals surface area contributed by atoms with Gasteiger partial charge in [-0.15, -0.1) is 0 Å². The Morgan fingerprint density at radius 2 is 1.10 bits per heavy atom. The predicted octanol–water partition coefficient (Wildman–Crippen LogP) is 2.89. The number of carbonyl (C=O) groups is 4. The van der Waals surface area contributed by atoms with Gasteiger partial charge < -0.3 is 18.9 Å². The van der Waals surface area contributed by atoms with Crippen LogP contribution < -0.4 is 0 Å². The monoisotopic (exact) mass is 424 g/mol. The van der Waals surface area contributed by atoms with Gasteiger partial charge in [0.15, 0.2) is 0 Å². The summed E-state index contributed by atoms with van der Waals surface area (Å²) in [6.07, 6.45) is 1.37. The molecular weight excluding hydrogens is 392 g/mol. The molecule has 0 aromatic rings. The van der Waals surface area contributed by atoms with Crippen LogP contribution in [0.5, 0.6) is 0 Å². The third kappa shape index (κ3) is 8.39. The number of hydrogen-bond acceptors (Lipinski definition) is 8. The van der Waals surface area contributed by atoms with E-state index in [9.17, 15) is 19.2 Å². The first kappa shape index (κ1) is 25.4. The van der Waals surface area contributed by atoms with E-state index in [1.165, 1.54) is 13.8 Å². The summed E-state index contributed by atoms with van der Waals surface area (Å²) < 4.78 is 20.7. The largest absolute Gasteiger partial charge is 0.462 e. The molecule has 0 radical (unpaired) electrons. The summed E-state index contributed by atoms with van der Waals surface area (Å²) in [5.74, 6) is -3.39. The SMILES string of the molecule is C=C(C)C(=O)OC(C)COC(=O)C1CCCCC1C(=O)OCC(C)OC(=O)C(=C)C. The van der Waals surface area contributed by atoms with Crippen LogP contribution in [-0.4, -0.2) is 49.3 Å². The van der Waals surface area contributed by atoms with Gasteiger partial charge in [0, 0.05) is 11.1 Å². The zero-order chi connectivity index (χ0) is 22.8. The lowest BCUT2D eigenvalue weighted by atomic mass is 9.79. The molecule has 1 aliphatic carbocycles. The van der Waals surface area contributed by atoms with Crippen molar-refractivity contribution in [3.05, 3.63) is 24.3 Å². The van der Waals surface area contributed by atoms with Crippen LogP contribution in [0.2, 0.25) is 0 Å². The van der Waals surface area contributed by atoms with E-state index in [-0.39, 0.29) is 24.4 Å². The van der Waals surface area contributed by atoms with Crippen molar-refractivity contribution in [1.82, 2.24) is 0 Å². The molecule has 8 heteroatoms. The molecule has 0 aliphatic heterocycles. The number of ether oxygens (including phenoxy) is 4. The van der Waals surface area contributed by atoms with Crippen LogP contribution in [0.25, 0.3) is 0 Å². The molecule has 4 unspecified atom stereocenters. The molecule has 1 aliphatic rings. The minimum Gasteiger partial charge on any atom is -0.462 e. The fourth-order valence-electron chi connectivity index (χ4n) is 2.94. The van der Waals surface area contributed by atoms with Crippen LogP contribution in [0.3, 0.4) is 0 Å². The van der Waals surface area contributed by atoms with Crippen molar-refractivity contribution in [1.29, 1.82) is 0 Å². The Bertz CT molecular complexity index is 623. The van der Waals surface area contributed by atoms with Crippen molar-refractivity contribution >= 4 is 23.9 Å². The van der Waals surface area contributed by atoms with Crippen molar-refractivity contribution in [2.24, 2.45) is 11.8 Å². The third-order valence-corrected chi connectivity index (χ3v) is 4.61. The lowest BCUT2D eigenvalue weighted by Gasteiger charge is -2.29. The fraction of sp³-hybridized carbons (Fsp3) is 0.636. The summed E-state index contributed by atoms with van der Waals surface area (Å²) in [6, 6.07) is 0. The van der Waals surface area contributed by atoms with Crippen LogP contribution in [-0.2, 0) is 38.1 Å². The minimum atomic E-state index is -0.629. The van der Waals surface area contributed by atoms with Crippen molar-refractivity contribution in [2.45, 2.75) is 65.6 Å². The highest BCUT2D eigenvalue weighted by Gasteiger charge is 2.38. The van der Waals surface area contributed by atoms with E-state index in [0.717, 1.165) is 12.8 Å². The first-order valence-corrected chi connectivity index (χ1v) is 10.1. The number of rotatable bonds is 10. The molecule has 4 atom stereocenters. The van der Waals surface area contributed by atoms with Gasteiger partial charge in [0.25, 0.3) is 0 Å². The molecule has 168 valence electrons. The molecule has 0 saturated heterocycles. The molecule has 1 rings (SSSR count). The summed E-state index contributed by atoms with van der Waals surface area (Å²) >= 11 is 0. The van der Waals surface area contributed by atoms with E-state index >= 15 is 0 Å². The number of esters is 4. The van der Waals surface area contributed by atoms with Gasteiger partial charge in [-0.25, -0.2) is 9.59 Å². The van der Waals surface area contributed by atoms with E-state index in [1.54, 1.807) is 13.8 Å². The van der Waals surface area contributed by atoms with Crippen LogP contribution >= 0.6 is 0 Å². The molecular formula is C22H32O8. The molecule has 0 aromatic carbocycles. The smallest absolute Gasteiger partial charge is 0.333 e. The van der Waals surface area contributed by atoms with Gasteiger partial charge in [-0.3, -0.25) is 9.59 Å². The summed E-state index contributed by atoms with van der Waals surface area (Å²) in [7, 11) is 0. The standard InChI is InChI=1S/C22H32O8/c1-13(2)19(23)29-15(5)11-27-21(25)17-9-7-8-10-18(17)22(26)28-12-16(6)30-20(24)14(3)4/h15-18H,1,3,7-12H2,2,4-6H3. The van der Waals surface area contributed by atoms with E-state index in [0.29, 0.717) is 12.8 Å². The first-order valence-electron chi connectivity index (χ1n) is 10.1. The molecule has 8 nitrogen and oxygen atoms in total. The van der Waals surface area contributed by atoms with Crippen LogP contribution in [0.15, 0.2) is 24.3 Å². The fourth-order valence-corrected chi connectivity index (χ4v) is 2.94. The van der Waals surface area contributed by atoms with Crippen molar-refractivity contribution in [3.8, 4) is 0 Å².